The van der Waals surface area contributed by atoms with E-state index in [2.05, 4.69) is 25.8 Å². The van der Waals surface area contributed by atoms with Gasteiger partial charge in [0, 0.05) is 6.54 Å². The maximum absolute atomic E-state index is 13.5. The normalized spacial score (nSPS) is 14.9. The van der Waals surface area contributed by atoms with E-state index in [4.69, 9.17) is 4.74 Å². The zero-order valence-corrected chi connectivity index (χ0v) is 19.2. The maximum atomic E-state index is 13.5. The van der Waals surface area contributed by atoms with E-state index in [0.29, 0.717) is 28.3 Å². The summed E-state index contributed by atoms with van der Waals surface area (Å²) >= 11 is 3.46. The van der Waals surface area contributed by atoms with Crippen molar-refractivity contribution < 1.29 is 17.9 Å². The summed E-state index contributed by atoms with van der Waals surface area (Å²) in [6.45, 7) is 5.43. The molecule has 2 heterocycles. The molecule has 1 aromatic heterocycles. The predicted octanol–water partition coefficient (Wildman–Crippen LogP) is 5.34. The SMILES string of the molecule is Cc1nc2cccc(C(F)(F)F)c2c(=O)n1-c1ccc(OCCCN2CCCC2)c(Br)c1. The third kappa shape index (κ3) is 4.68. The quantitative estimate of drug-likeness (QED) is 0.420. The van der Waals surface area contributed by atoms with Gasteiger partial charge in [-0.05, 0) is 85.5 Å². The van der Waals surface area contributed by atoms with Gasteiger partial charge in [-0.3, -0.25) is 9.36 Å². The van der Waals surface area contributed by atoms with Gasteiger partial charge >= 0.3 is 6.18 Å². The minimum Gasteiger partial charge on any atom is -0.492 e. The molecule has 0 saturated carbocycles. The maximum Gasteiger partial charge on any atom is 0.417 e. The second-order valence-corrected chi connectivity index (χ2v) is 8.72. The first kappa shape index (κ1) is 22.8. The van der Waals surface area contributed by atoms with Crippen LogP contribution in [-0.4, -0.2) is 40.7 Å². The molecular weight excluding hydrogens is 487 g/mol. The first-order valence-electron chi connectivity index (χ1n) is 10.5. The lowest BCUT2D eigenvalue weighted by molar-refractivity contribution is -0.136. The Morgan fingerprint density at radius 2 is 1.91 bits per heavy atom. The lowest BCUT2D eigenvalue weighted by Gasteiger charge is -2.16. The standard InChI is InChI=1S/C23H23BrF3N3O2/c1-15-28-19-7-4-6-17(23(25,26)27)21(19)22(31)30(15)16-8-9-20(18(24)14-16)32-13-5-12-29-10-2-3-11-29/h4,6-9,14H,2-3,5,10-13H2,1H3. The van der Waals surface area contributed by atoms with Crippen molar-refractivity contribution in [3.05, 3.63) is 62.6 Å². The third-order valence-corrected chi connectivity index (χ3v) is 6.24. The molecule has 0 radical (unpaired) electrons. The molecule has 0 aliphatic carbocycles. The highest BCUT2D eigenvalue weighted by Crippen LogP contribution is 2.33. The lowest BCUT2D eigenvalue weighted by atomic mass is 10.1. The van der Waals surface area contributed by atoms with E-state index in [9.17, 15) is 18.0 Å². The van der Waals surface area contributed by atoms with Gasteiger partial charge in [0.25, 0.3) is 5.56 Å². The fraction of sp³-hybridized carbons (Fsp3) is 0.391. The van der Waals surface area contributed by atoms with E-state index >= 15 is 0 Å². The van der Waals surface area contributed by atoms with Crippen molar-refractivity contribution in [1.29, 1.82) is 0 Å². The van der Waals surface area contributed by atoms with Crippen LogP contribution in [0.2, 0.25) is 0 Å². The first-order chi connectivity index (χ1) is 15.3. The van der Waals surface area contributed by atoms with Crippen LogP contribution in [0.4, 0.5) is 13.2 Å². The molecule has 0 spiro atoms. The summed E-state index contributed by atoms with van der Waals surface area (Å²) in [6.07, 6.45) is -1.25. The Hall–Kier alpha value is -2.39. The van der Waals surface area contributed by atoms with E-state index in [1.165, 1.54) is 29.5 Å². The van der Waals surface area contributed by atoms with Crippen LogP contribution < -0.4 is 10.3 Å². The molecule has 2 aromatic carbocycles. The Bertz CT molecular complexity index is 1190. The first-order valence-corrected chi connectivity index (χ1v) is 11.3. The van der Waals surface area contributed by atoms with Crippen molar-refractivity contribution in [2.75, 3.05) is 26.2 Å². The van der Waals surface area contributed by atoms with Crippen LogP contribution in [0.3, 0.4) is 0 Å². The molecule has 1 aliphatic heterocycles. The number of aromatic nitrogens is 2. The molecular formula is C23H23BrF3N3O2. The van der Waals surface area contributed by atoms with Gasteiger partial charge in [-0.15, -0.1) is 0 Å². The van der Waals surface area contributed by atoms with Gasteiger partial charge in [-0.2, -0.15) is 13.2 Å². The molecule has 1 fully saturated rings. The molecule has 0 bridgehead atoms. The number of aryl methyl sites for hydroxylation is 1. The number of fused-ring (bicyclic) bond motifs is 1. The Labute approximate surface area is 191 Å². The van der Waals surface area contributed by atoms with Crippen molar-refractivity contribution in [2.45, 2.75) is 32.4 Å². The Balaban J connectivity index is 1.61. The van der Waals surface area contributed by atoms with Crippen LogP contribution in [0.1, 0.15) is 30.7 Å². The minimum atomic E-state index is -4.65. The number of halogens is 4. The number of rotatable bonds is 6. The molecule has 170 valence electrons. The molecule has 0 unspecified atom stereocenters. The highest BCUT2D eigenvalue weighted by atomic mass is 79.9. The van der Waals surface area contributed by atoms with E-state index in [-0.39, 0.29) is 5.52 Å². The predicted molar refractivity (Wildman–Crippen MR) is 121 cm³/mol. The monoisotopic (exact) mass is 509 g/mol. The van der Waals surface area contributed by atoms with Crippen molar-refractivity contribution in [3.8, 4) is 11.4 Å². The molecule has 9 heteroatoms. The van der Waals surface area contributed by atoms with Crippen LogP contribution in [0.5, 0.6) is 5.75 Å². The molecule has 5 nitrogen and oxygen atoms in total. The summed E-state index contributed by atoms with van der Waals surface area (Å²) in [4.78, 5) is 19.8. The van der Waals surface area contributed by atoms with Crippen LogP contribution >= 0.6 is 15.9 Å². The molecule has 3 aromatic rings. The van der Waals surface area contributed by atoms with Gasteiger partial charge in [-0.25, -0.2) is 4.98 Å². The highest BCUT2D eigenvalue weighted by Gasteiger charge is 2.34. The summed E-state index contributed by atoms with van der Waals surface area (Å²) < 4.78 is 48.1. The molecule has 4 rings (SSSR count). The fourth-order valence-electron chi connectivity index (χ4n) is 4.10. The highest BCUT2D eigenvalue weighted by molar-refractivity contribution is 9.10. The number of hydrogen-bond acceptors (Lipinski definition) is 4. The van der Waals surface area contributed by atoms with E-state index in [1.54, 1.807) is 25.1 Å². The second kappa shape index (κ2) is 9.23. The van der Waals surface area contributed by atoms with Crippen molar-refractivity contribution in [2.24, 2.45) is 0 Å². The summed E-state index contributed by atoms with van der Waals surface area (Å²) in [6, 6.07) is 8.60. The van der Waals surface area contributed by atoms with Crippen LogP contribution in [0.15, 0.2) is 45.7 Å². The topological polar surface area (TPSA) is 47.4 Å². The van der Waals surface area contributed by atoms with Gasteiger partial charge in [0.15, 0.2) is 0 Å². The van der Waals surface area contributed by atoms with Gasteiger partial charge < -0.3 is 9.64 Å². The van der Waals surface area contributed by atoms with Gasteiger partial charge in [0.2, 0.25) is 0 Å². The van der Waals surface area contributed by atoms with Crippen molar-refractivity contribution >= 4 is 26.8 Å². The average Bonchev–Trinajstić information content (AvgIpc) is 3.25. The van der Waals surface area contributed by atoms with Crippen LogP contribution in [0.25, 0.3) is 16.6 Å². The van der Waals surface area contributed by atoms with Crippen LogP contribution in [0, 0.1) is 6.92 Å². The third-order valence-electron chi connectivity index (χ3n) is 5.62. The second-order valence-electron chi connectivity index (χ2n) is 7.86. The van der Waals surface area contributed by atoms with E-state index < -0.39 is 22.7 Å². The summed E-state index contributed by atoms with van der Waals surface area (Å²) in [5, 5.41) is -0.441. The number of nitrogens with zero attached hydrogens (tertiary/aromatic N) is 3. The number of alkyl halides is 3. The number of likely N-dealkylation sites (tertiary alicyclic amines) is 1. The fourth-order valence-corrected chi connectivity index (χ4v) is 4.59. The molecule has 1 aliphatic rings. The van der Waals surface area contributed by atoms with E-state index in [1.807, 2.05) is 0 Å². The van der Waals surface area contributed by atoms with Gasteiger partial charge in [0.1, 0.15) is 11.6 Å². The van der Waals surface area contributed by atoms with Gasteiger partial charge in [-0.1, -0.05) is 6.07 Å². The largest absolute Gasteiger partial charge is 0.492 e. The van der Waals surface area contributed by atoms with Crippen LogP contribution in [-0.2, 0) is 6.18 Å². The van der Waals surface area contributed by atoms with Gasteiger partial charge in [0.05, 0.1) is 33.2 Å². The zero-order chi connectivity index (χ0) is 22.9. The number of benzene rings is 2. The summed E-state index contributed by atoms with van der Waals surface area (Å²) in [5.74, 6) is 0.915. The number of ether oxygens (including phenoxy) is 1. The summed E-state index contributed by atoms with van der Waals surface area (Å²) in [7, 11) is 0. The van der Waals surface area contributed by atoms with E-state index in [0.717, 1.165) is 32.1 Å². The molecule has 0 atom stereocenters. The molecule has 0 amide bonds. The lowest BCUT2D eigenvalue weighted by Crippen LogP contribution is -2.25. The van der Waals surface area contributed by atoms with Crippen molar-refractivity contribution in [1.82, 2.24) is 14.5 Å². The number of hydrogen-bond donors (Lipinski definition) is 0. The Morgan fingerprint density at radius 1 is 1.16 bits per heavy atom. The summed E-state index contributed by atoms with van der Waals surface area (Å²) in [5.41, 5.74) is -1.31. The Kier molecular flexibility index (Phi) is 6.57. The molecule has 32 heavy (non-hydrogen) atoms. The minimum absolute atomic E-state index is 0.0237. The van der Waals surface area contributed by atoms with Crippen molar-refractivity contribution in [3.63, 3.8) is 0 Å². The average molecular weight is 510 g/mol. The molecule has 1 saturated heterocycles. The zero-order valence-electron chi connectivity index (χ0n) is 17.6. The Morgan fingerprint density at radius 3 is 2.59 bits per heavy atom. The smallest absolute Gasteiger partial charge is 0.417 e. The molecule has 0 N–H and O–H groups in total.